The normalized spacial score (nSPS) is 16.7. The maximum absolute atomic E-state index is 13.8. The molecule has 0 aromatic heterocycles. The molecule has 0 spiro atoms. The van der Waals surface area contributed by atoms with Gasteiger partial charge in [-0.25, -0.2) is 4.39 Å². The van der Waals surface area contributed by atoms with E-state index in [4.69, 9.17) is 0 Å². The first-order valence-electron chi connectivity index (χ1n) is 6.28. The van der Waals surface area contributed by atoms with Crippen molar-refractivity contribution in [1.82, 2.24) is 10.2 Å². The standard InChI is InChI=1S/C14H19FN2O/c1-14(2,11-5-3-4-6-12(11)15)13(18)17-9-7-16-8-10-17/h3-6,16H,7-10H2,1-2H3. The van der Waals surface area contributed by atoms with Crippen LogP contribution in [0.1, 0.15) is 19.4 Å². The van der Waals surface area contributed by atoms with Crippen LogP contribution in [0.25, 0.3) is 0 Å². The summed E-state index contributed by atoms with van der Waals surface area (Å²) in [4.78, 5) is 14.3. The number of halogens is 1. The van der Waals surface area contributed by atoms with E-state index < -0.39 is 5.41 Å². The first kappa shape index (κ1) is 13.0. The topological polar surface area (TPSA) is 32.3 Å². The summed E-state index contributed by atoms with van der Waals surface area (Å²) >= 11 is 0. The van der Waals surface area contributed by atoms with Crippen molar-refractivity contribution in [3.05, 3.63) is 35.6 Å². The fourth-order valence-electron chi connectivity index (χ4n) is 2.35. The zero-order valence-corrected chi connectivity index (χ0v) is 10.9. The lowest BCUT2D eigenvalue weighted by molar-refractivity contribution is -0.136. The van der Waals surface area contributed by atoms with E-state index in [1.54, 1.807) is 32.0 Å². The molecule has 1 aromatic rings. The first-order valence-corrected chi connectivity index (χ1v) is 6.28. The molecule has 1 saturated heterocycles. The molecule has 18 heavy (non-hydrogen) atoms. The SMILES string of the molecule is CC(C)(C(=O)N1CCNCC1)c1ccccc1F. The second-order valence-corrected chi connectivity index (χ2v) is 5.15. The van der Waals surface area contributed by atoms with Crippen LogP contribution in [0.5, 0.6) is 0 Å². The highest BCUT2D eigenvalue weighted by Gasteiger charge is 2.35. The molecule has 3 nitrogen and oxygen atoms in total. The Balaban J connectivity index is 2.24. The van der Waals surface area contributed by atoms with Gasteiger partial charge in [-0.15, -0.1) is 0 Å². The molecule has 1 aliphatic heterocycles. The number of nitrogens with zero attached hydrogens (tertiary/aromatic N) is 1. The monoisotopic (exact) mass is 250 g/mol. The summed E-state index contributed by atoms with van der Waals surface area (Å²) in [5.41, 5.74) is -0.351. The van der Waals surface area contributed by atoms with Gasteiger partial charge in [0.2, 0.25) is 5.91 Å². The van der Waals surface area contributed by atoms with Crippen LogP contribution >= 0.6 is 0 Å². The third-order valence-corrected chi connectivity index (χ3v) is 3.49. The van der Waals surface area contributed by atoms with Gasteiger partial charge in [0.05, 0.1) is 5.41 Å². The lowest BCUT2D eigenvalue weighted by atomic mass is 9.82. The molecule has 4 heteroatoms. The summed E-state index contributed by atoms with van der Waals surface area (Å²) in [6, 6.07) is 6.51. The van der Waals surface area contributed by atoms with Crippen LogP contribution < -0.4 is 5.32 Å². The van der Waals surface area contributed by atoms with E-state index >= 15 is 0 Å². The number of hydrogen-bond donors (Lipinski definition) is 1. The van der Waals surface area contributed by atoms with Gasteiger partial charge in [0.25, 0.3) is 0 Å². The van der Waals surface area contributed by atoms with Gasteiger partial charge in [0, 0.05) is 31.7 Å². The second-order valence-electron chi connectivity index (χ2n) is 5.15. The van der Waals surface area contributed by atoms with E-state index in [0.717, 1.165) is 13.1 Å². The number of carbonyl (C=O) groups excluding carboxylic acids is 1. The van der Waals surface area contributed by atoms with Crippen LogP contribution in [-0.4, -0.2) is 37.0 Å². The quantitative estimate of drug-likeness (QED) is 0.863. The average molecular weight is 250 g/mol. The minimum absolute atomic E-state index is 0.00546. The number of nitrogens with one attached hydrogen (secondary N) is 1. The number of carbonyl (C=O) groups is 1. The summed E-state index contributed by atoms with van der Waals surface area (Å²) < 4.78 is 13.8. The third-order valence-electron chi connectivity index (χ3n) is 3.49. The van der Waals surface area contributed by atoms with Crippen molar-refractivity contribution in [2.75, 3.05) is 26.2 Å². The van der Waals surface area contributed by atoms with Gasteiger partial charge >= 0.3 is 0 Å². The van der Waals surface area contributed by atoms with Crippen LogP contribution in [0.3, 0.4) is 0 Å². The van der Waals surface area contributed by atoms with E-state index in [1.807, 2.05) is 4.90 Å². The summed E-state index contributed by atoms with van der Waals surface area (Å²) in [5, 5.41) is 3.20. The lowest BCUT2D eigenvalue weighted by Crippen LogP contribution is -2.52. The lowest BCUT2D eigenvalue weighted by Gasteiger charge is -2.35. The molecule has 2 rings (SSSR count). The Kier molecular flexibility index (Phi) is 3.66. The van der Waals surface area contributed by atoms with E-state index in [1.165, 1.54) is 6.07 Å². The number of rotatable bonds is 2. The molecule has 1 fully saturated rings. The zero-order chi connectivity index (χ0) is 13.2. The van der Waals surface area contributed by atoms with Gasteiger partial charge in [-0.05, 0) is 19.9 Å². The molecular formula is C14H19FN2O. The largest absolute Gasteiger partial charge is 0.339 e. The maximum atomic E-state index is 13.8. The highest BCUT2D eigenvalue weighted by molar-refractivity contribution is 5.87. The fraction of sp³-hybridized carbons (Fsp3) is 0.500. The van der Waals surface area contributed by atoms with E-state index in [2.05, 4.69) is 5.32 Å². The molecule has 1 N–H and O–H groups in total. The van der Waals surface area contributed by atoms with Crippen LogP contribution in [0.4, 0.5) is 4.39 Å². The van der Waals surface area contributed by atoms with Crippen molar-refractivity contribution in [3.8, 4) is 0 Å². The van der Waals surface area contributed by atoms with Gasteiger partial charge in [-0.3, -0.25) is 4.79 Å². The Morgan fingerprint density at radius 1 is 1.28 bits per heavy atom. The van der Waals surface area contributed by atoms with Crippen LogP contribution in [0.15, 0.2) is 24.3 Å². The number of amides is 1. The third kappa shape index (κ3) is 2.38. The van der Waals surface area contributed by atoms with Gasteiger partial charge in [0.1, 0.15) is 5.82 Å². The zero-order valence-electron chi connectivity index (χ0n) is 10.9. The van der Waals surface area contributed by atoms with Crippen LogP contribution in [0.2, 0.25) is 0 Å². The van der Waals surface area contributed by atoms with E-state index in [-0.39, 0.29) is 11.7 Å². The van der Waals surface area contributed by atoms with E-state index in [9.17, 15) is 9.18 Å². The van der Waals surface area contributed by atoms with Crippen molar-refractivity contribution in [1.29, 1.82) is 0 Å². The smallest absolute Gasteiger partial charge is 0.232 e. The number of hydrogen-bond acceptors (Lipinski definition) is 2. The Morgan fingerprint density at radius 3 is 2.50 bits per heavy atom. The Morgan fingerprint density at radius 2 is 1.89 bits per heavy atom. The van der Waals surface area contributed by atoms with Crippen molar-refractivity contribution in [2.24, 2.45) is 0 Å². The fourth-order valence-corrected chi connectivity index (χ4v) is 2.35. The van der Waals surface area contributed by atoms with Crippen molar-refractivity contribution >= 4 is 5.91 Å². The molecule has 0 aliphatic carbocycles. The molecule has 0 radical (unpaired) electrons. The Hall–Kier alpha value is -1.42. The van der Waals surface area contributed by atoms with Crippen LogP contribution in [0, 0.1) is 5.82 Å². The van der Waals surface area contributed by atoms with Crippen molar-refractivity contribution < 1.29 is 9.18 Å². The molecule has 98 valence electrons. The summed E-state index contributed by atoms with van der Waals surface area (Å²) in [7, 11) is 0. The minimum atomic E-state index is -0.817. The Labute approximate surface area is 107 Å². The summed E-state index contributed by atoms with van der Waals surface area (Å²) in [6.45, 7) is 6.57. The Bertz CT molecular complexity index is 439. The van der Waals surface area contributed by atoms with Crippen molar-refractivity contribution in [2.45, 2.75) is 19.3 Å². The summed E-state index contributed by atoms with van der Waals surface area (Å²) in [5.74, 6) is -0.319. The highest BCUT2D eigenvalue weighted by Crippen LogP contribution is 2.28. The second kappa shape index (κ2) is 5.06. The van der Waals surface area contributed by atoms with Gasteiger partial charge in [-0.1, -0.05) is 18.2 Å². The molecule has 0 bridgehead atoms. The number of benzene rings is 1. The van der Waals surface area contributed by atoms with Crippen molar-refractivity contribution in [3.63, 3.8) is 0 Å². The van der Waals surface area contributed by atoms with Gasteiger partial charge in [0.15, 0.2) is 0 Å². The molecule has 1 aliphatic rings. The molecule has 0 unspecified atom stereocenters. The van der Waals surface area contributed by atoms with Gasteiger partial charge < -0.3 is 10.2 Å². The molecule has 0 atom stereocenters. The van der Waals surface area contributed by atoms with Gasteiger partial charge in [-0.2, -0.15) is 0 Å². The molecule has 1 amide bonds. The average Bonchev–Trinajstić information content (AvgIpc) is 2.39. The maximum Gasteiger partial charge on any atom is 0.232 e. The highest BCUT2D eigenvalue weighted by atomic mass is 19.1. The molecule has 1 aromatic carbocycles. The van der Waals surface area contributed by atoms with Crippen LogP contribution in [-0.2, 0) is 10.2 Å². The predicted molar refractivity (Wildman–Crippen MR) is 68.9 cm³/mol. The molecule has 1 heterocycles. The molecular weight excluding hydrogens is 231 g/mol. The minimum Gasteiger partial charge on any atom is -0.339 e. The molecule has 0 saturated carbocycles. The number of piperazine rings is 1. The first-order chi connectivity index (χ1) is 8.53. The summed E-state index contributed by atoms with van der Waals surface area (Å²) in [6.07, 6.45) is 0. The predicted octanol–water partition coefficient (Wildman–Crippen LogP) is 1.54. The van der Waals surface area contributed by atoms with E-state index in [0.29, 0.717) is 18.7 Å².